The van der Waals surface area contributed by atoms with Gasteiger partial charge in [-0.15, -0.1) is 0 Å². The highest BCUT2D eigenvalue weighted by molar-refractivity contribution is 9.10. The molecule has 1 saturated heterocycles. The number of nitrogens with zero attached hydrogens (tertiary/aromatic N) is 1. The van der Waals surface area contributed by atoms with Crippen LogP contribution in [0.15, 0.2) is 28.7 Å². The van der Waals surface area contributed by atoms with Gasteiger partial charge in [-0.05, 0) is 63.5 Å². The van der Waals surface area contributed by atoms with E-state index < -0.39 is 5.60 Å². The number of nitrogens with one attached hydrogen (secondary N) is 1. The van der Waals surface area contributed by atoms with E-state index in [1.54, 1.807) is 0 Å². The van der Waals surface area contributed by atoms with Crippen LogP contribution in [0.4, 0.5) is 4.79 Å². The van der Waals surface area contributed by atoms with Crippen molar-refractivity contribution in [2.24, 2.45) is 11.8 Å². The second-order valence-corrected chi connectivity index (χ2v) is 9.24. The van der Waals surface area contributed by atoms with Crippen LogP contribution < -0.4 is 5.32 Å². The minimum Gasteiger partial charge on any atom is -0.444 e. The van der Waals surface area contributed by atoms with Crippen LogP contribution in [0, 0.1) is 11.8 Å². The fraction of sp³-hybridized carbons (Fsp3) is 0.650. The molecule has 5 heteroatoms. The second-order valence-electron chi connectivity index (χ2n) is 8.38. The fourth-order valence-electron chi connectivity index (χ4n) is 3.43. The van der Waals surface area contributed by atoms with Crippen LogP contribution in [-0.4, -0.2) is 42.3 Å². The van der Waals surface area contributed by atoms with Crippen LogP contribution in [0.2, 0.25) is 0 Å². The van der Waals surface area contributed by atoms with Crippen molar-refractivity contribution in [1.82, 2.24) is 10.2 Å². The lowest BCUT2D eigenvalue weighted by Gasteiger charge is -2.24. The molecule has 1 aromatic rings. The highest BCUT2D eigenvalue weighted by Gasteiger charge is 2.37. The standard InChI is InChI=1S/C20H29BrN2O2/c1-20(2,3)25-19(24)23-12-15(10-14-6-4-5-7-18(14)21)16(13-23)11-22-17-8-9-17/h4-7,15-17,22H,8-13H2,1-3H3/t15-,16-/m1/s1. The first kappa shape index (κ1) is 18.7. The van der Waals surface area contributed by atoms with Crippen LogP contribution in [0.1, 0.15) is 39.2 Å². The zero-order valence-electron chi connectivity index (χ0n) is 15.4. The zero-order chi connectivity index (χ0) is 18.0. The lowest BCUT2D eigenvalue weighted by atomic mass is 9.89. The van der Waals surface area contributed by atoms with Crippen LogP contribution in [0.5, 0.6) is 0 Å². The molecule has 1 N–H and O–H groups in total. The van der Waals surface area contributed by atoms with Gasteiger partial charge < -0.3 is 15.0 Å². The molecular formula is C20H29BrN2O2. The number of likely N-dealkylation sites (tertiary alicyclic amines) is 1. The summed E-state index contributed by atoms with van der Waals surface area (Å²) in [5.74, 6) is 0.928. The first-order chi connectivity index (χ1) is 11.8. The summed E-state index contributed by atoms with van der Waals surface area (Å²) in [5, 5.41) is 3.65. The quantitative estimate of drug-likeness (QED) is 0.792. The molecule has 25 heavy (non-hydrogen) atoms. The first-order valence-corrected chi connectivity index (χ1v) is 10.1. The van der Waals surface area contributed by atoms with E-state index in [4.69, 9.17) is 4.74 Å². The molecule has 4 nitrogen and oxygen atoms in total. The Hall–Kier alpha value is -1.07. The van der Waals surface area contributed by atoms with Gasteiger partial charge in [0.1, 0.15) is 5.60 Å². The molecule has 1 aromatic carbocycles. The van der Waals surface area contributed by atoms with Gasteiger partial charge in [-0.25, -0.2) is 4.79 Å². The molecule has 0 spiro atoms. The monoisotopic (exact) mass is 408 g/mol. The number of hydrogen-bond acceptors (Lipinski definition) is 3. The number of hydrogen-bond donors (Lipinski definition) is 1. The predicted octanol–water partition coefficient (Wildman–Crippen LogP) is 4.23. The fourth-order valence-corrected chi connectivity index (χ4v) is 3.88. The number of benzene rings is 1. The van der Waals surface area contributed by atoms with Gasteiger partial charge in [0.05, 0.1) is 0 Å². The summed E-state index contributed by atoms with van der Waals surface area (Å²) in [7, 11) is 0. The average molecular weight is 409 g/mol. The Morgan fingerprint density at radius 2 is 1.92 bits per heavy atom. The molecule has 2 aliphatic rings. The summed E-state index contributed by atoms with van der Waals surface area (Å²) in [4.78, 5) is 14.4. The molecule has 1 aliphatic heterocycles. The van der Waals surface area contributed by atoms with Crippen LogP contribution >= 0.6 is 15.9 Å². The number of ether oxygens (including phenoxy) is 1. The van der Waals surface area contributed by atoms with Gasteiger partial charge in [0.2, 0.25) is 0 Å². The molecule has 1 aliphatic carbocycles. The summed E-state index contributed by atoms with van der Waals surface area (Å²) in [6.45, 7) is 8.30. The van der Waals surface area contributed by atoms with E-state index in [1.807, 2.05) is 31.7 Å². The molecule has 2 atom stereocenters. The molecule has 138 valence electrons. The lowest BCUT2D eigenvalue weighted by molar-refractivity contribution is 0.0284. The molecule has 2 fully saturated rings. The van der Waals surface area contributed by atoms with E-state index >= 15 is 0 Å². The topological polar surface area (TPSA) is 41.6 Å². The Bertz CT molecular complexity index is 610. The van der Waals surface area contributed by atoms with Crippen molar-refractivity contribution in [3.8, 4) is 0 Å². The third-order valence-electron chi connectivity index (χ3n) is 4.91. The Kier molecular flexibility index (Phi) is 5.74. The van der Waals surface area contributed by atoms with Crippen molar-refractivity contribution >= 4 is 22.0 Å². The summed E-state index contributed by atoms with van der Waals surface area (Å²) < 4.78 is 6.74. The summed E-state index contributed by atoms with van der Waals surface area (Å²) in [6.07, 6.45) is 3.38. The van der Waals surface area contributed by atoms with Crippen molar-refractivity contribution in [2.75, 3.05) is 19.6 Å². The Balaban J connectivity index is 1.66. The molecule has 0 radical (unpaired) electrons. The van der Waals surface area contributed by atoms with Gasteiger partial charge in [-0.1, -0.05) is 34.1 Å². The summed E-state index contributed by atoms with van der Waals surface area (Å²) in [5.41, 5.74) is 0.870. The van der Waals surface area contributed by atoms with E-state index in [2.05, 4.69) is 39.4 Å². The van der Waals surface area contributed by atoms with Crippen molar-refractivity contribution in [2.45, 2.75) is 51.7 Å². The van der Waals surface area contributed by atoms with E-state index in [0.29, 0.717) is 17.9 Å². The van der Waals surface area contributed by atoms with E-state index in [-0.39, 0.29) is 6.09 Å². The largest absolute Gasteiger partial charge is 0.444 e. The minimum absolute atomic E-state index is 0.182. The first-order valence-electron chi connectivity index (χ1n) is 9.26. The molecule has 0 aromatic heterocycles. The number of rotatable bonds is 5. The van der Waals surface area contributed by atoms with Crippen molar-refractivity contribution in [1.29, 1.82) is 0 Å². The van der Waals surface area contributed by atoms with Gasteiger partial charge in [-0.2, -0.15) is 0 Å². The molecule has 3 rings (SSSR count). The highest BCUT2D eigenvalue weighted by Crippen LogP contribution is 2.31. The van der Waals surface area contributed by atoms with Crippen molar-refractivity contribution in [3.63, 3.8) is 0 Å². The number of carbonyl (C=O) groups excluding carboxylic acids is 1. The van der Waals surface area contributed by atoms with Crippen molar-refractivity contribution < 1.29 is 9.53 Å². The Morgan fingerprint density at radius 1 is 1.24 bits per heavy atom. The van der Waals surface area contributed by atoms with Gasteiger partial charge in [-0.3, -0.25) is 0 Å². The smallest absolute Gasteiger partial charge is 0.410 e. The molecule has 1 heterocycles. The molecule has 0 unspecified atom stereocenters. The van der Waals surface area contributed by atoms with E-state index in [1.165, 1.54) is 18.4 Å². The average Bonchev–Trinajstić information content (AvgIpc) is 3.26. The minimum atomic E-state index is -0.445. The van der Waals surface area contributed by atoms with E-state index in [0.717, 1.165) is 30.5 Å². The number of carbonyl (C=O) groups is 1. The van der Waals surface area contributed by atoms with Gasteiger partial charge >= 0.3 is 6.09 Å². The SMILES string of the molecule is CC(C)(C)OC(=O)N1C[C@@H](CNC2CC2)[C@H](Cc2ccccc2Br)C1. The molecule has 1 saturated carbocycles. The number of halogens is 1. The maximum absolute atomic E-state index is 12.5. The maximum Gasteiger partial charge on any atom is 0.410 e. The summed E-state index contributed by atoms with van der Waals surface area (Å²) >= 11 is 3.66. The van der Waals surface area contributed by atoms with Crippen molar-refractivity contribution in [3.05, 3.63) is 34.3 Å². The Labute approximate surface area is 159 Å². The predicted molar refractivity (Wildman–Crippen MR) is 104 cm³/mol. The van der Waals surface area contributed by atoms with Crippen LogP contribution in [0.3, 0.4) is 0 Å². The lowest BCUT2D eigenvalue weighted by Crippen LogP contribution is -2.36. The number of amides is 1. The van der Waals surface area contributed by atoms with Gasteiger partial charge in [0.25, 0.3) is 0 Å². The zero-order valence-corrected chi connectivity index (χ0v) is 17.0. The van der Waals surface area contributed by atoms with E-state index in [9.17, 15) is 4.79 Å². The normalized spacial score (nSPS) is 23.8. The highest BCUT2D eigenvalue weighted by atomic mass is 79.9. The third kappa shape index (κ3) is 5.45. The molecular weight excluding hydrogens is 380 g/mol. The molecule has 0 bridgehead atoms. The second kappa shape index (κ2) is 7.67. The van der Waals surface area contributed by atoms with Gasteiger partial charge in [0, 0.05) is 30.1 Å². The Morgan fingerprint density at radius 3 is 2.56 bits per heavy atom. The summed E-state index contributed by atoms with van der Waals surface area (Å²) in [6, 6.07) is 9.08. The maximum atomic E-state index is 12.5. The van der Waals surface area contributed by atoms with Crippen LogP contribution in [0.25, 0.3) is 0 Å². The van der Waals surface area contributed by atoms with Crippen LogP contribution in [-0.2, 0) is 11.2 Å². The van der Waals surface area contributed by atoms with Gasteiger partial charge in [0.15, 0.2) is 0 Å². The third-order valence-corrected chi connectivity index (χ3v) is 5.69. The molecule has 1 amide bonds.